The van der Waals surface area contributed by atoms with Crippen molar-refractivity contribution in [3.05, 3.63) is 76.3 Å². The van der Waals surface area contributed by atoms with Crippen LogP contribution in [0.1, 0.15) is 40.9 Å². The van der Waals surface area contributed by atoms with Crippen LogP contribution >= 0.6 is 11.6 Å². The van der Waals surface area contributed by atoms with Gasteiger partial charge in [-0.2, -0.15) is 5.10 Å². The van der Waals surface area contributed by atoms with E-state index in [0.717, 1.165) is 19.3 Å². The summed E-state index contributed by atoms with van der Waals surface area (Å²) in [4.78, 5) is 38.9. The van der Waals surface area contributed by atoms with Crippen LogP contribution in [0.25, 0.3) is 10.9 Å². The largest absolute Gasteiger partial charge is 0.369 e. The first-order valence-electron chi connectivity index (χ1n) is 12.4. The second-order valence-electron chi connectivity index (χ2n) is 9.94. The molecule has 1 saturated carbocycles. The molecule has 2 fully saturated rings. The molecule has 1 aliphatic heterocycles. The second kappa shape index (κ2) is 10.1. The lowest BCUT2D eigenvalue weighted by Gasteiger charge is -2.37. The maximum Gasteiger partial charge on any atom is 0.269 e. The topological polar surface area (TPSA) is 136 Å². The number of amides is 3. The molecule has 3 atom stereocenters. The Hall–Kier alpha value is -3.92. The fourth-order valence-electron chi connectivity index (χ4n) is 5.85. The van der Waals surface area contributed by atoms with Gasteiger partial charge < -0.3 is 21.7 Å². The Morgan fingerprint density at radius 1 is 1.18 bits per heavy atom. The number of allylic oxidation sites excluding steroid dienone is 1. The SMILES string of the molecule is C=C(Cn1nc(C(N)=O)c2cc(CC(N)=O)ccc21)N1[C@@H]2CC[C@@H](C2)[C@H]1C(=O)NCc1cccc(Cl)c1F. The molecule has 11 heteroatoms. The van der Waals surface area contributed by atoms with E-state index in [1.165, 1.54) is 6.07 Å². The molecule has 5 N–H and O–H groups in total. The number of likely N-dealkylation sites (tertiary alicyclic amines) is 1. The van der Waals surface area contributed by atoms with Crippen LogP contribution in [0.15, 0.2) is 48.7 Å². The summed E-state index contributed by atoms with van der Waals surface area (Å²) in [5.41, 5.74) is 13.3. The van der Waals surface area contributed by atoms with Crippen molar-refractivity contribution >= 4 is 40.2 Å². The highest BCUT2D eigenvalue weighted by Crippen LogP contribution is 2.44. The van der Waals surface area contributed by atoms with Crippen molar-refractivity contribution in [2.75, 3.05) is 0 Å². The first-order chi connectivity index (χ1) is 18.1. The minimum atomic E-state index is -0.693. The zero-order chi connectivity index (χ0) is 27.1. The quantitative estimate of drug-likeness (QED) is 0.385. The number of rotatable bonds is 9. The van der Waals surface area contributed by atoms with Crippen molar-refractivity contribution in [2.45, 2.75) is 50.9 Å². The van der Waals surface area contributed by atoms with E-state index in [0.29, 0.717) is 27.7 Å². The van der Waals surface area contributed by atoms with Gasteiger partial charge in [-0.15, -0.1) is 0 Å². The van der Waals surface area contributed by atoms with Crippen molar-refractivity contribution in [1.29, 1.82) is 0 Å². The first-order valence-corrected chi connectivity index (χ1v) is 12.8. The minimum Gasteiger partial charge on any atom is -0.369 e. The van der Waals surface area contributed by atoms with Crippen LogP contribution in [0.4, 0.5) is 4.39 Å². The van der Waals surface area contributed by atoms with Gasteiger partial charge >= 0.3 is 0 Å². The molecule has 3 aromatic rings. The van der Waals surface area contributed by atoms with E-state index in [2.05, 4.69) is 17.0 Å². The molecule has 2 bridgehead atoms. The highest BCUT2D eigenvalue weighted by atomic mass is 35.5. The van der Waals surface area contributed by atoms with E-state index < -0.39 is 23.7 Å². The summed E-state index contributed by atoms with van der Waals surface area (Å²) in [6.45, 7) is 4.53. The molecule has 1 aliphatic carbocycles. The molecule has 0 unspecified atom stereocenters. The van der Waals surface area contributed by atoms with Crippen LogP contribution in [-0.4, -0.2) is 44.5 Å². The zero-order valence-corrected chi connectivity index (χ0v) is 21.4. The van der Waals surface area contributed by atoms with Gasteiger partial charge in [-0.05, 0) is 48.9 Å². The predicted octanol–water partition coefficient (Wildman–Crippen LogP) is 2.64. The van der Waals surface area contributed by atoms with Crippen LogP contribution in [0, 0.1) is 11.7 Å². The molecule has 198 valence electrons. The van der Waals surface area contributed by atoms with Crippen LogP contribution in [0.2, 0.25) is 5.02 Å². The van der Waals surface area contributed by atoms with E-state index in [1.807, 2.05) is 4.90 Å². The summed E-state index contributed by atoms with van der Waals surface area (Å²) in [5.74, 6) is -1.76. The number of halogens is 2. The number of fused-ring (bicyclic) bond motifs is 3. The van der Waals surface area contributed by atoms with Gasteiger partial charge in [0.05, 0.1) is 23.5 Å². The number of nitrogens with two attached hydrogens (primary N) is 2. The Kier molecular flexibility index (Phi) is 6.83. The molecular weight excluding hydrogens is 511 g/mol. The molecule has 1 saturated heterocycles. The van der Waals surface area contributed by atoms with E-state index >= 15 is 0 Å². The van der Waals surface area contributed by atoms with E-state index in [1.54, 1.807) is 35.0 Å². The third-order valence-electron chi connectivity index (χ3n) is 7.46. The molecule has 5 rings (SSSR count). The number of nitrogens with zero attached hydrogens (tertiary/aromatic N) is 3. The maximum absolute atomic E-state index is 14.3. The molecule has 0 radical (unpaired) electrons. The second-order valence-corrected chi connectivity index (χ2v) is 10.3. The number of benzene rings is 2. The Balaban J connectivity index is 1.37. The van der Waals surface area contributed by atoms with Crippen LogP contribution in [-0.2, 0) is 29.1 Å². The number of carbonyl (C=O) groups excluding carboxylic acids is 3. The summed E-state index contributed by atoms with van der Waals surface area (Å²) >= 11 is 5.88. The zero-order valence-electron chi connectivity index (χ0n) is 20.6. The van der Waals surface area contributed by atoms with Crippen LogP contribution in [0.5, 0.6) is 0 Å². The van der Waals surface area contributed by atoms with Gasteiger partial charge in [-0.1, -0.05) is 36.4 Å². The highest BCUT2D eigenvalue weighted by molar-refractivity contribution is 6.30. The summed E-state index contributed by atoms with van der Waals surface area (Å²) in [6, 6.07) is 9.62. The van der Waals surface area contributed by atoms with E-state index in [9.17, 15) is 18.8 Å². The molecule has 1 aromatic heterocycles. The number of hydrogen-bond acceptors (Lipinski definition) is 5. The standard InChI is InChI=1S/C27H28ClFN6O3/c1-14(13-34-21-8-5-15(10-22(30)36)9-19(21)24(33-34)26(31)37)35-18-7-6-16(11-18)25(35)27(38)32-12-17-3-2-4-20(28)23(17)29/h2-5,8-9,16,18,25H,1,6-7,10-13H2,(H2,30,36)(H2,31,37)(H,32,38)/t16-,18+,25-/m0/s1. The summed E-state index contributed by atoms with van der Waals surface area (Å²) in [5, 5.41) is 7.83. The van der Waals surface area contributed by atoms with E-state index in [4.69, 9.17) is 23.1 Å². The molecule has 3 amide bonds. The fraction of sp³-hybridized carbons (Fsp3) is 0.333. The predicted molar refractivity (Wildman–Crippen MR) is 140 cm³/mol. The van der Waals surface area contributed by atoms with Crippen LogP contribution < -0.4 is 16.8 Å². The molecule has 38 heavy (non-hydrogen) atoms. The number of carbonyl (C=O) groups is 3. The summed E-state index contributed by atoms with van der Waals surface area (Å²) in [7, 11) is 0. The molecule has 2 aromatic carbocycles. The lowest BCUT2D eigenvalue weighted by atomic mass is 9.97. The average molecular weight is 539 g/mol. The van der Waals surface area contributed by atoms with Gasteiger partial charge in [-0.25, -0.2) is 4.39 Å². The first kappa shape index (κ1) is 25.7. The molecule has 2 aliphatic rings. The van der Waals surface area contributed by atoms with Crippen molar-refractivity contribution < 1.29 is 18.8 Å². The van der Waals surface area contributed by atoms with Gasteiger partial charge in [0.1, 0.15) is 11.9 Å². The average Bonchev–Trinajstić information content (AvgIpc) is 3.58. The Labute approximate surface area is 223 Å². The van der Waals surface area contributed by atoms with Crippen molar-refractivity contribution in [3.63, 3.8) is 0 Å². The Morgan fingerprint density at radius 3 is 2.71 bits per heavy atom. The van der Waals surface area contributed by atoms with E-state index in [-0.39, 0.29) is 48.1 Å². The number of piperidine rings is 1. The maximum atomic E-state index is 14.3. The third-order valence-corrected chi connectivity index (χ3v) is 7.75. The molecule has 0 spiro atoms. The number of hydrogen-bond donors (Lipinski definition) is 3. The van der Waals surface area contributed by atoms with Crippen molar-refractivity contribution in [1.82, 2.24) is 20.0 Å². The normalized spacial score (nSPS) is 20.2. The van der Waals surface area contributed by atoms with Gasteiger partial charge in [0, 0.05) is 29.2 Å². The number of primary amides is 2. The summed E-state index contributed by atoms with van der Waals surface area (Å²) < 4.78 is 16.0. The Bertz CT molecular complexity index is 1470. The van der Waals surface area contributed by atoms with Crippen LogP contribution in [0.3, 0.4) is 0 Å². The molecular formula is C27H28ClFN6O3. The van der Waals surface area contributed by atoms with Crippen molar-refractivity contribution in [3.8, 4) is 0 Å². The molecule has 9 nitrogen and oxygen atoms in total. The highest BCUT2D eigenvalue weighted by Gasteiger charge is 2.49. The number of nitrogens with one attached hydrogen (secondary N) is 1. The van der Waals surface area contributed by atoms with Gasteiger partial charge in [0.2, 0.25) is 11.8 Å². The van der Waals surface area contributed by atoms with Gasteiger partial charge in [0.25, 0.3) is 5.91 Å². The smallest absolute Gasteiger partial charge is 0.269 e. The minimum absolute atomic E-state index is 0.00945. The lowest BCUT2D eigenvalue weighted by molar-refractivity contribution is -0.127. The van der Waals surface area contributed by atoms with Gasteiger partial charge in [-0.3, -0.25) is 19.1 Å². The monoisotopic (exact) mass is 538 g/mol. The third kappa shape index (κ3) is 4.71. The fourth-order valence-corrected chi connectivity index (χ4v) is 6.04. The summed E-state index contributed by atoms with van der Waals surface area (Å²) in [6.07, 6.45) is 2.76. The van der Waals surface area contributed by atoms with Crippen molar-refractivity contribution in [2.24, 2.45) is 17.4 Å². The Morgan fingerprint density at radius 2 is 1.97 bits per heavy atom. The van der Waals surface area contributed by atoms with Gasteiger partial charge in [0.15, 0.2) is 5.69 Å². The number of aromatic nitrogens is 2. The lowest BCUT2D eigenvalue weighted by Crippen LogP contribution is -2.50. The molecule has 2 heterocycles.